The van der Waals surface area contributed by atoms with Crippen LogP contribution in [0.3, 0.4) is 0 Å². The lowest BCUT2D eigenvalue weighted by Crippen LogP contribution is -2.41. The van der Waals surface area contributed by atoms with Gasteiger partial charge in [-0.1, -0.05) is 11.6 Å². The summed E-state index contributed by atoms with van der Waals surface area (Å²) in [6.07, 6.45) is -3.98. The highest BCUT2D eigenvalue weighted by molar-refractivity contribution is 6.34. The Bertz CT molecular complexity index is 1410. The van der Waals surface area contributed by atoms with Crippen molar-refractivity contribution in [2.45, 2.75) is 44.0 Å². The van der Waals surface area contributed by atoms with Crippen molar-refractivity contribution in [3.8, 4) is 11.8 Å². The monoisotopic (exact) mass is 598 g/mol. The number of amides is 1. The minimum absolute atomic E-state index is 0.120. The van der Waals surface area contributed by atoms with Gasteiger partial charge in [0.15, 0.2) is 17.3 Å². The Balaban J connectivity index is 2.08. The van der Waals surface area contributed by atoms with Crippen molar-refractivity contribution in [1.82, 2.24) is 14.7 Å². The van der Waals surface area contributed by atoms with Crippen LogP contribution in [0, 0.1) is 17.1 Å². The van der Waals surface area contributed by atoms with Crippen molar-refractivity contribution in [3.05, 3.63) is 46.0 Å². The molecule has 0 unspecified atom stereocenters. The molecule has 0 bridgehead atoms. The third kappa shape index (κ3) is 5.55. The summed E-state index contributed by atoms with van der Waals surface area (Å²) in [4.78, 5) is 18.0. The largest absolute Gasteiger partial charge is 0.459 e. The summed E-state index contributed by atoms with van der Waals surface area (Å²) >= 11 is 6.09. The molecule has 0 saturated heterocycles. The predicted octanol–water partition coefficient (Wildman–Crippen LogP) is 5.69. The van der Waals surface area contributed by atoms with Crippen LogP contribution in [0.5, 0.6) is 5.75 Å². The molecule has 2 aromatic rings. The molecule has 3 rings (SSSR count). The van der Waals surface area contributed by atoms with Gasteiger partial charge in [0, 0.05) is 37.1 Å². The maximum absolute atomic E-state index is 14.9. The molecule has 216 valence electrons. The number of aromatic nitrogens is 2. The summed E-state index contributed by atoms with van der Waals surface area (Å²) in [7, 11) is 0.828. The fraction of sp³-hybridized carbons (Fsp3) is 0.391. The minimum atomic E-state index is -6.21. The zero-order valence-corrected chi connectivity index (χ0v) is 21.3. The van der Waals surface area contributed by atoms with Crippen molar-refractivity contribution in [2.24, 2.45) is 17.8 Å². The maximum Gasteiger partial charge on any atom is 0.459 e. The number of ether oxygens (including phenoxy) is 1. The summed E-state index contributed by atoms with van der Waals surface area (Å²) < 4.78 is 112. The van der Waals surface area contributed by atoms with Crippen molar-refractivity contribution < 1.29 is 44.7 Å². The molecule has 1 saturated carbocycles. The van der Waals surface area contributed by atoms with Gasteiger partial charge < -0.3 is 15.4 Å². The molecule has 1 amide bonds. The lowest BCUT2D eigenvalue weighted by Gasteiger charge is -2.26. The number of hydrogen-bond acceptors (Lipinski definition) is 6. The van der Waals surface area contributed by atoms with Gasteiger partial charge in [0.25, 0.3) is 5.91 Å². The van der Waals surface area contributed by atoms with E-state index in [9.17, 15) is 45.2 Å². The molecule has 0 radical (unpaired) electrons. The third-order valence-corrected chi connectivity index (χ3v) is 6.26. The van der Waals surface area contributed by atoms with E-state index in [1.54, 1.807) is 6.92 Å². The van der Waals surface area contributed by atoms with Crippen LogP contribution in [0.4, 0.5) is 40.9 Å². The first-order chi connectivity index (χ1) is 18.5. The number of aliphatic imine (C=N–C) groups is 1. The summed E-state index contributed by atoms with van der Waals surface area (Å²) in [5.74, 6) is -10.1. The van der Waals surface area contributed by atoms with Crippen LogP contribution in [0.15, 0.2) is 23.3 Å². The minimum Gasteiger partial charge on any atom is -0.428 e. The van der Waals surface area contributed by atoms with E-state index >= 15 is 0 Å². The molecule has 1 aliphatic rings. The number of rotatable bonds is 9. The molecular weight excluding hydrogens is 580 g/mol. The first-order valence-electron chi connectivity index (χ1n) is 11.2. The lowest BCUT2D eigenvalue weighted by molar-refractivity contribution is -0.291. The molecular formula is C23H19ClF8N6O2. The number of allylic oxidation sites excluding steroid dienone is 1. The van der Waals surface area contributed by atoms with E-state index < -0.39 is 58.8 Å². The van der Waals surface area contributed by atoms with Crippen LogP contribution in [0.2, 0.25) is 5.02 Å². The number of halogens is 9. The molecule has 1 aliphatic carbocycles. The number of aryl methyl sites for hydroxylation is 1. The topological polar surface area (TPSA) is 110 Å². The Kier molecular flexibility index (Phi) is 8.40. The Labute approximate surface area is 226 Å². The summed E-state index contributed by atoms with van der Waals surface area (Å²) in [6.45, 7) is -2.10. The molecule has 0 spiro atoms. The molecule has 40 heavy (non-hydrogen) atoms. The lowest BCUT2D eigenvalue weighted by atomic mass is 10.0. The number of nitrogens with two attached hydrogens (primary N) is 1. The van der Waals surface area contributed by atoms with E-state index in [0.29, 0.717) is 23.7 Å². The number of nitriles is 1. The van der Waals surface area contributed by atoms with E-state index in [1.807, 2.05) is 0 Å². The second-order valence-corrected chi connectivity index (χ2v) is 8.87. The van der Waals surface area contributed by atoms with Crippen LogP contribution in [0.1, 0.15) is 41.4 Å². The zero-order chi connectivity index (χ0) is 30.2. The van der Waals surface area contributed by atoms with Crippen molar-refractivity contribution in [2.75, 3.05) is 6.54 Å². The second-order valence-electron chi connectivity index (χ2n) is 8.46. The van der Waals surface area contributed by atoms with Gasteiger partial charge in [0.2, 0.25) is 0 Å². The van der Waals surface area contributed by atoms with E-state index in [2.05, 4.69) is 20.9 Å². The fourth-order valence-electron chi connectivity index (χ4n) is 3.79. The Morgan fingerprint density at radius 2 is 1.95 bits per heavy atom. The summed E-state index contributed by atoms with van der Waals surface area (Å²) in [5, 5.41) is 12.1. The average molecular weight is 599 g/mol. The summed E-state index contributed by atoms with van der Waals surface area (Å²) in [6, 6.07) is 3.79. The molecule has 1 fully saturated rings. The van der Waals surface area contributed by atoms with Gasteiger partial charge in [-0.25, -0.2) is 14.1 Å². The Morgan fingerprint density at radius 3 is 2.42 bits per heavy atom. The zero-order valence-electron chi connectivity index (χ0n) is 20.5. The van der Waals surface area contributed by atoms with Crippen LogP contribution in [-0.2, 0) is 13.0 Å². The maximum atomic E-state index is 14.9. The fourth-order valence-corrected chi connectivity index (χ4v) is 4.02. The van der Waals surface area contributed by atoms with Gasteiger partial charge in [-0.15, -0.1) is 0 Å². The molecule has 1 aromatic heterocycles. The van der Waals surface area contributed by atoms with Crippen molar-refractivity contribution in [1.29, 1.82) is 5.26 Å². The number of hydrogen-bond donors (Lipinski definition) is 1. The number of carbonyl (C=O) groups excluding carboxylic acids is 1. The number of nitrogens with zero attached hydrogens (tertiary/aromatic N) is 5. The standard InChI is InChI=1S/C23H19ClF8N6O2/c1-3-38(21(10-34)4-5-21)19(39)13-6-12(15(25)7-14(13)24)11(8-33)9-35-18-16(40-20(26)27)17(36-37(18)2)22(28,29)23(30,31)32/h6-9,20H,3-5,33H2,1-2H3. The van der Waals surface area contributed by atoms with Gasteiger partial charge in [-0.2, -0.15) is 41.1 Å². The van der Waals surface area contributed by atoms with E-state index in [0.717, 1.165) is 25.4 Å². The highest BCUT2D eigenvalue weighted by Gasteiger charge is 2.62. The number of benzene rings is 1. The molecule has 0 atom stereocenters. The van der Waals surface area contributed by atoms with E-state index in [1.165, 1.54) is 4.90 Å². The van der Waals surface area contributed by atoms with Gasteiger partial charge >= 0.3 is 18.7 Å². The smallest absolute Gasteiger partial charge is 0.428 e. The normalized spacial score (nSPS) is 15.4. The average Bonchev–Trinajstić information content (AvgIpc) is 3.58. The van der Waals surface area contributed by atoms with Gasteiger partial charge in [0.1, 0.15) is 11.4 Å². The second kappa shape index (κ2) is 11.0. The molecule has 2 N–H and O–H groups in total. The van der Waals surface area contributed by atoms with Crippen LogP contribution in [-0.4, -0.2) is 51.7 Å². The van der Waals surface area contributed by atoms with Gasteiger partial charge in [-0.3, -0.25) is 4.79 Å². The SMILES string of the molecule is CCN(C(=O)c1cc(C(C=Nc2c(OC(F)F)c(C(F)(F)C(F)(F)F)nn2C)=CN)c(F)cc1Cl)C1(C#N)CC1. The molecule has 1 aromatic carbocycles. The van der Waals surface area contributed by atoms with Crippen LogP contribution >= 0.6 is 11.6 Å². The first kappa shape index (κ1) is 30.7. The van der Waals surface area contributed by atoms with E-state index in [4.69, 9.17) is 17.3 Å². The first-order valence-corrected chi connectivity index (χ1v) is 11.6. The highest BCUT2D eigenvalue weighted by atomic mass is 35.5. The highest BCUT2D eigenvalue weighted by Crippen LogP contribution is 2.49. The Morgan fingerprint density at radius 1 is 1.32 bits per heavy atom. The molecule has 17 heteroatoms. The van der Waals surface area contributed by atoms with E-state index in [-0.39, 0.29) is 22.7 Å². The van der Waals surface area contributed by atoms with Gasteiger partial charge in [0.05, 0.1) is 16.7 Å². The third-order valence-electron chi connectivity index (χ3n) is 5.95. The van der Waals surface area contributed by atoms with Crippen LogP contribution in [0.25, 0.3) is 5.57 Å². The Hall–Kier alpha value is -3.87. The molecule has 8 nitrogen and oxygen atoms in total. The van der Waals surface area contributed by atoms with Crippen molar-refractivity contribution >= 4 is 35.1 Å². The van der Waals surface area contributed by atoms with Crippen LogP contribution < -0.4 is 10.5 Å². The van der Waals surface area contributed by atoms with Crippen molar-refractivity contribution in [3.63, 3.8) is 0 Å². The molecule has 1 heterocycles. The quantitative estimate of drug-likeness (QED) is 0.295. The molecule has 0 aliphatic heterocycles. The summed E-state index contributed by atoms with van der Waals surface area (Å²) in [5.41, 5.74) is 1.31. The van der Waals surface area contributed by atoms with Gasteiger partial charge in [-0.05, 0) is 31.9 Å². The predicted molar refractivity (Wildman–Crippen MR) is 126 cm³/mol. The number of carbonyl (C=O) groups is 1. The number of alkyl halides is 7.